The highest BCUT2D eigenvalue weighted by molar-refractivity contribution is 5.94. The molecule has 0 aliphatic carbocycles. The maximum Gasteiger partial charge on any atom is 0.255 e. The molecule has 0 saturated carbocycles. The molecule has 0 aliphatic heterocycles. The van der Waals surface area contributed by atoms with Gasteiger partial charge < -0.3 is 9.26 Å². The van der Waals surface area contributed by atoms with Gasteiger partial charge >= 0.3 is 0 Å². The zero-order valence-corrected chi connectivity index (χ0v) is 8.90. The fourth-order valence-corrected chi connectivity index (χ4v) is 0.957. The van der Waals surface area contributed by atoms with E-state index in [-0.39, 0.29) is 23.6 Å². The van der Waals surface area contributed by atoms with Crippen LogP contribution in [0.25, 0.3) is 0 Å². The number of aromatic nitrogens is 1. The summed E-state index contributed by atoms with van der Waals surface area (Å²) in [5.74, 6) is 0.477. The van der Waals surface area contributed by atoms with Crippen molar-refractivity contribution in [3.8, 4) is 5.88 Å². The highest BCUT2D eigenvalue weighted by Gasteiger charge is 2.17. The third-order valence-corrected chi connectivity index (χ3v) is 1.61. The van der Waals surface area contributed by atoms with Crippen LogP contribution < -0.4 is 4.74 Å². The van der Waals surface area contributed by atoms with Gasteiger partial charge in [0.15, 0.2) is 0 Å². The van der Waals surface area contributed by atoms with Crippen LogP contribution in [-0.4, -0.2) is 17.0 Å². The monoisotopic (exact) mass is 197 g/mol. The average molecular weight is 197 g/mol. The summed E-state index contributed by atoms with van der Waals surface area (Å²) in [6.07, 6.45) is 0.0297. The Labute approximate surface area is 83.2 Å². The van der Waals surface area contributed by atoms with Crippen LogP contribution in [0, 0.1) is 5.92 Å². The molecule has 0 amide bonds. The number of carbonyl (C=O) groups is 1. The first-order chi connectivity index (χ1) is 6.50. The smallest absolute Gasteiger partial charge is 0.255 e. The zero-order valence-electron chi connectivity index (χ0n) is 8.90. The Kier molecular flexibility index (Phi) is 3.28. The molecule has 1 rings (SSSR count). The van der Waals surface area contributed by atoms with Crippen LogP contribution in [0.2, 0.25) is 0 Å². The zero-order chi connectivity index (χ0) is 10.7. The standard InChI is InChI=1S/C10H15NO3/c1-6(2)10(12)8-5-9(11-14-8)13-7(3)4/h5-7H,1-4H3. The van der Waals surface area contributed by atoms with Crippen LogP contribution in [-0.2, 0) is 0 Å². The van der Waals surface area contributed by atoms with Gasteiger partial charge in [0, 0.05) is 5.92 Å². The molecule has 14 heavy (non-hydrogen) atoms. The molecule has 0 saturated heterocycles. The minimum atomic E-state index is -0.0881. The van der Waals surface area contributed by atoms with Crippen molar-refractivity contribution < 1.29 is 14.1 Å². The lowest BCUT2D eigenvalue weighted by atomic mass is 10.1. The maximum absolute atomic E-state index is 11.5. The number of rotatable bonds is 4. The summed E-state index contributed by atoms with van der Waals surface area (Å²) in [7, 11) is 0. The molecular formula is C10H15NO3. The lowest BCUT2D eigenvalue weighted by molar-refractivity contribution is 0.0901. The quantitative estimate of drug-likeness (QED) is 0.695. The van der Waals surface area contributed by atoms with Gasteiger partial charge in [-0.15, -0.1) is 0 Å². The molecule has 0 aliphatic rings. The molecule has 1 aromatic heterocycles. The normalized spacial score (nSPS) is 11.0. The van der Waals surface area contributed by atoms with Gasteiger partial charge in [-0.3, -0.25) is 4.79 Å². The highest BCUT2D eigenvalue weighted by atomic mass is 16.5. The van der Waals surface area contributed by atoms with Gasteiger partial charge in [-0.05, 0) is 19.0 Å². The van der Waals surface area contributed by atoms with E-state index < -0.39 is 0 Å². The molecule has 78 valence electrons. The van der Waals surface area contributed by atoms with E-state index in [0.29, 0.717) is 5.88 Å². The molecule has 4 nitrogen and oxygen atoms in total. The van der Waals surface area contributed by atoms with Crippen LogP contribution >= 0.6 is 0 Å². The molecular weight excluding hydrogens is 182 g/mol. The van der Waals surface area contributed by atoms with E-state index in [0.717, 1.165) is 0 Å². The Bertz CT molecular complexity index is 315. The third kappa shape index (κ3) is 2.58. The minimum absolute atomic E-state index is 0.0297. The summed E-state index contributed by atoms with van der Waals surface area (Å²) >= 11 is 0. The average Bonchev–Trinajstić information content (AvgIpc) is 2.50. The summed E-state index contributed by atoms with van der Waals surface area (Å²) in [6, 6.07) is 1.53. The SMILES string of the molecule is CC(C)Oc1cc(C(=O)C(C)C)on1. The van der Waals surface area contributed by atoms with E-state index in [1.165, 1.54) is 6.07 Å². The topological polar surface area (TPSA) is 52.3 Å². The van der Waals surface area contributed by atoms with Gasteiger partial charge in [0.25, 0.3) is 5.88 Å². The van der Waals surface area contributed by atoms with Crippen molar-refractivity contribution in [2.45, 2.75) is 33.8 Å². The van der Waals surface area contributed by atoms with Gasteiger partial charge in [0.2, 0.25) is 11.5 Å². The molecule has 0 bridgehead atoms. The van der Waals surface area contributed by atoms with Crippen LogP contribution in [0.3, 0.4) is 0 Å². The van der Waals surface area contributed by atoms with Crippen LogP contribution in [0.15, 0.2) is 10.6 Å². The first-order valence-corrected chi connectivity index (χ1v) is 4.68. The largest absolute Gasteiger partial charge is 0.473 e. The predicted octanol–water partition coefficient (Wildman–Crippen LogP) is 2.30. The van der Waals surface area contributed by atoms with E-state index in [2.05, 4.69) is 5.16 Å². The van der Waals surface area contributed by atoms with E-state index in [1.807, 2.05) is 27.7 Å². The molecule has 0 fully saturated rings. The Morgan fingerprint density at radius 3 is 2.57 bits per heavy atom. The maximum atomic E-state index is 11.5. The van der Waals surface area contributed by atoms with Crippen molar-refractivity contribution in [3.05, 3.63) is 11.8 Å². The second-order valence-corrected chi connectivity index (χ2v) is 3.71. The van der Waals surface area contributed by atoms with Crippen molar-refractivity contribution >= 4 is 5.78 Å². The number of ether oxygens (including phenoxy) is 1. The van der Waals surface area contributed by atoms with Gasteiger partial charge in [0.1, 0.15) is 0 Å². The van der Waals surface area contributed by atoms with E-state index >= 15 is 0 Å². The summed E-state index contributed by atoms with van der Waals surface area (Å²) in [5, 5.41) is 3.64. The fraction of sp³-hybridized carbons (Fsp3) is 0.600. The van der Waals surface area contributed by atoms with Crippen LogP contribution in [0.5, 0.6) is 5.88 Å². The molecule has 0 radical (unpaired) electrons. The minimum Gasteiger partial charge on any atom is -0.473 e. The van der Waals surface area contributed by atoms with Crippen molar-refractivity contribution in [3.63, 3.8) is 0 Å². The van der Waals surface area contributed by atoms with Crippen molar-refractivity contribution in [2.24, 2.45) is 5.92 Å². The first kappa shape index (κ1) is 10.8. The van der Waals surface area contributed by atoms with Crippen molar-refractivity contribution in [2.75, 3.05) is 0 Å². The fourth-order valence-electron chi connectivity index (χ4n) is 0.957. The molecule has 0 atom stereocenters. The Morgan fingerprint density at radius 2 is 2.07 bits per heavy atom. The van der Waals surface area contributed by atoms with Gasteiger partial charge in [0.05, 0.1) is 12.2 Å². The summed E-state index contributed by atoms with van der Waals surface area (Å²) in [5.41, 5.74) is 0. The summed E-state index contributed by atoms with van der Waals surface area (Å²) in [6.45, 7) is 7.40. The Hall–Kier alpha value is -1.32. The predicted molar refractivity (Wildman–Crippen MR) is 51.4 cm³/mol. The lowest BCUT2D eigenvalue weighted by Crippen LogP contribution is -2.06. The number of nitrogens with zero attached hydrogens (tertiary/aromatic N) is 1. The first-order valence-electron chi connectivity index (χ1n) is 4.68. The highest BCUT2D eigenvalue weighted by Crippen LogP contribution is 2.16. The second-order valence-electron chi connectivity index (χ2n) is 3.71. The summed E-state index contributed by atoms with van der Waals surface area (Å²) < 4.78 is 10.1. The molecule has 0 unspecified atom stereocenters. The molecule has 0 N–H and O–H groups in total. The number of ketones is 1. The molecule has 4 heteroatoms. The van der Waals surface area contributed by atoms with E-state index in [4.69, 9.17) is 9.26 Å². The Morgan fingerprint density at radius 1 is 1.43 bits per heavy atom. The number of hydrogen-bond donors (Lipinski definition) is 0. The number of hydrogen-bond acceptors (Lipinski definition) is 4. The van der Waals surface area contributed by atoms with Gasteiger partial charge in [-0.25, -0.2) is 0 Å². The number of carbonyl (C=O) groups excluding carboxylic acids is 1. The van der Waals surface area contributed by atoms with Crippen LogP contribution in [0.4, 0.5) is 0 Å². The molecule has 0 spiro atoms. The summed E-state index contributed by atoms with van der Waals surface area (Å²) in [4.78, 5) is 11.5. The Balaban J connectivity index is 2.73. The number of Topliss-reactive ketones (excluding diaryl/α,β-unsaturated/α-hetero) is 1. The second kappa shape index (κ2) is 4.26. The molecule has 1 aromatic rings. The van der Waals surface area contributed by atoms with Crippen molar-refractivity contribution in [1.82, 2.24) is 5.16 Å². The van der Waals surface area contributed by atoms with Crippen molar-refractivity contribution in [1.29, 1.82) is 0 Å². The van der Waals surface area contributed by atoms with E-state index in [1.54, 1.807) is 0 Å². The molecule has 1 heterocycles. The van der Waals surface area contributed by atoms with Gasteiger partial charge in [-0.1, -0.05) is 13.8 Å². The van der Waals surface area contributed by atoms with Gasteiger partial charge in [-0.2, -0.15) is 0 Å². The lowest BCUT2D eigenvalue weighted by Gasteiger charge is -2.03. The molecule has 0 aromatic carbocycles. The van der Waals surface area contributed by atoms with Crippen LogP contribution in [0.1, 0.15) is 38.2 Å². The van der Waals surface area contributed by atoms with E-state index in [9.17, 15) is 4.79 Å². The third-order valence-electron chi connectivity index (χ3n) is 1.61.